The largest absolute Gasteiger partial charge is 0.469 e. The Kier molecular flexibility index (Phi) is 6.68. The molecule has 0 bridgehead atoms. The maximum absolute atomic E-state index is 12.0. The first-order chi connectivity index (χ1) is 10.3. The minimum Gasteiger partial charge on any atom is -0.469 e. The maximum atomic E-state index is 12.0. The van der Waals surface area contributed by atoms with Crippen molar-refractivity contribution in [2.45, 2.75) is 32.7 Å². The van der Waals surface area contributed by atoms with Crippen LogP contribution >= 0.6 is 11.8 Å². The summed E-state index contributed by atoms with van der Waals surface area (Å²) in [7, 11) is 1.34. The van der Waals surface area contributed by atoms with E-state index in [2.05, 4.69) is 16.6 Å². The fraction of sp³-hybridized carbons (Fsp3) is 0.412. The summed E-state index contributed by atoms with van der Waals surface area (Å²) in [5.74, 6) is 0.0918. The number of carbonyl (C=O) groups is 2. The Hall–Kier alpha value is -1.75. The van der Waals surface area contributed by atoms with Gasteiger partial charge in [-0.05, 0) is 38.0 Å². The van der Waals surface area contributed by atoms with Crippen LogP contribution in [0.15, 0.2) is 30.8 Å². The fourth-order valence-corrected chi connectivity index (χ4v) is 2.65. The van der Waals surface area contributed by atoms with Crippen LogP contribution in [0.1, 0.15) is 38.3 Å². The molecule has 0 aromatic heterocycles. The molecule has 0 atom stereocenters. The summed E-state index contributed by atoms with van der Waals surface area (Å²) in [4.78, 5) is 23.0. The molecule has 0 unspecified atom stereocenters. The summed E-state index contributed by atoms with van der Waals surface area (Å²) in [5.41, 5.74) is 2.55. The maximum Gasteiger partial charge on any atom is 0.306 e. The van der Waals surface area contributed by atoms with Gasteiger partial charge in [0.15, 0.2) is 0 Å². The lowest BCUT2D eigenvalue weighted by atomic mass is 9.92. The molecule has 0 saturated carbocycles. The SMILES string of the molecule is C=C(C)c1cccc(C(C)(C)NC(=O)SCCC(=O)OC)c1. The van der Waals surface area contributed by atoms with E-state index in [1.807, 2.05) is 45.0 Å². The van der Waals surface area contributed by atoms with E-state index >= 15 is 0 Å². The molecule has 0 radical (unpaired) electrons. The second-order valence-corrected chi connectivity index (χ2v) is 6.64. The number of allylic oxidation sites excluding steroid dienone is 1. The molecule has 0 aliphatic rings. The van der Waals surface area contributed by atoms with Gasteiger partial charge in [0.2, 0.25) is 0 Å². The van der Waals surface area contributed by atoms with Crippen molar-refractivity contribution in [3.05, 3.63) is 42.0 Å². The smallest absolute Gasteiger partial charge is 0.306 e. The predicted molar refractivity (Wildman–Crippen MR) is 91.8 cm³/mol. The van der Waals surface area contributed by atoms with Crippen LogP contribution in [0.5, 0.6) is 0 Å². The van der Waals surface area contributed by atoms with Crippen molar-refractivity contribution < 1.29 is 14.3 Å². The van der Waals surface area contributed by atoms with Gasteiger partial charge in [-0.15, -0.1) is 0 Å². The molecule has 0 spiro atoms. The summed E-state index contributed by atoms with van der Waals surface area (Å²) in [6, 6.07) is 7.96. The van der Waals surface area contributed by atoms with E-state index in [0.29, 0.717) is 5.75 Å². The number of benzene rings is 1. The number of ether oxygens (including phenoxy) is 1. The third kappa shape index (κ3) is 5.56. The zero-order chi connectivity index (χ0) is 16.8. The van der Waals surface area contributed by atoms with Crippen LogP contribution in [0.3, 0.4) is 0 Å². The van der Waals surface area contributed by atoms with Gasteiger partial charge in [0.1, 0.15) is 0 Å². The summed E-state index contributed by atoms with van der Waals surface area (Å²) in [6.07, 6.45) is 0.222. The van der Waals surface area contributed by atoms with Gasteiger partial charge in [0, 0.05) is 5.75 Å². The second-order valence-electron chi connectivity index (χ2n) is 5.57. The first-order valence-corrected chi connectivity index (χ1v) is 8.03. The minimum absolute atomic E-state index is 0.158. The number of thioether (sulfide) groups is 1. The molecule has 1 aromatic carbocycles. The molecule has 1 aromatic rings. The van der Waals surface area contributed by atoms with Crippen molar-refractivity contribution in [2.75, 3.05) is 12.9 Å². The van der Waals surface area contributed by atoms with E-state index in [4.69, 9.17) is 0 Å². The third-order valence-electron chi connectivity index (χ3n) is 3.26. The summed E-state index contributed by atoms with van der Waals surface area (Å²) < 4.78 is 4.55. The van der Waals surface area contributed by atoms with Gasteiger partial charge in [-0.25, -0.2) is 0 Å². The number of esters is 1. The third-order valence-corrected chi connectivity index (χ3v) is 4.03. The average Bonchev–Trinajstić information content (AvgIpc) is 2.46. The molecule has 4 nitrogen and oxygen atoms in total. The Morgan fingerprint density at radius 1 is 1.36 bits per heavy atom. The number of nitrogens with one attached hydrogen (secondary N) is 1. The van der Waals surface area contributed by atoms with Crippen LogP contribution in [-0.2, 0) is 15.1 Å². The number of amides is 1. The van der Waals surface area contributed by atoms with Gasteiger partial charge in [0.05, 0.1) is 19.1 Å². The Balaban J connectivity index is 2.66. The van der Waals surface area contributed by atoms with Gasteiger partial charge in [-0.3, -0.25) is 9.59 Å². The molecule has 0 fully saturated rings. The topological polar surface area (TPSA) is 55.4 Å². The van der Waals surface area contributed by atoms with Gasteiger partial charge in [0.25, 0.3) is 5.24 Å². The van der Waals surface area contributed by atoms with Gasteiger partial charge >= 0.3 is 5.97 Å². The number of carbonyl (C=O) groups excluding carboxylic acids is 2. The van der Waals surface area contributed by atoms with Gasteiger partial charge in [-0.1, -0.05) is 42.1 Å². The number of rotatable bonds is 6. The van der Waals surface area contributed by atoms with Crippen molar-refractivity contribution >= 4 is 28.5 Å². The molecule has 1 N–H and O–H groups in total. The standard InChI is InChI=1S/C17H23NO3S/c1-12(2)13-7-6-8-14(11-13)17(3,4)18-16(20)22-10-9-15(19)21-5/h6-8,11H,1,9-10H2,2-5H3,(H,18,20). The Morgan fingerprint density at radius 3 is 2.64 bits per heavy atom. The average molecular weight is 321 g/mol. The fourth-order valence-electron chi connectivity index (χ4n) is 1.87. The highest BCUT2D eigenvalue weighted by Gasteiger charge is 2.23. The van der Waals surface area contributed by atoms with Crippen LogP contribution in [0, 0.1) is 0 Å². The predicted octanol–water partition coefficient (Wildman–Crippen LogP) is 3.96. The highest BCUT2D eigenvalue weighted by molar-refractivity contribution is 8.13. The molecule has 0 aliphatic carbocycles. The number of hydrogen-bond donors (Lipinski definition) is 1. The molecule has 0 aliphatic heterocycles. The van der Waals surface area contributed by atoms with Crippen LogP contribution in [-0.4, -0.2) is 24.1 Å². The molecular weight excluding hydrogens is 298 g/mol. The van der Waals surface area contributed by atoms with Crippen molar-refractivity contribution in [2.24, 2.45) is 0 Å². The molecule has 0 saturated heterocycles. The first-order valence-electron chi connectivity index (χ1n) is 7.04. The van der Waals surface area contributed by atoms with Crippen LogP contribution in [0.25, 0.3) is 5.57 Å². The van der Waals surface area contributed by atoms with Crippen LogP contribution in [0.2, 0.25) is 0 Å². The normalized spacial score (nSPS) is 10.9. The van der Waals surface area contributed by atoms with E-state index in [-0.39, 0.29) is 17.6 Å². The lowest BCUT2D eigenvalue weighted by Crippen LogP contribution is -2.39. The lowest BCUT2D eigenvalue weighted by Gasteiger charge is -2.27. The van der Waals surface area contributed by atoms with Crippen LogP contribution < -0.4 is 5.32 Å². The molecular formula is C17H23NO3S. The summed E-state index contributed by atoms with van der Waals surface area (Å²) in [6.45, 7) is 9.79. The van der Waals surface area contributed by atoms with E-state index in [1.165, 1.54) is 7.11 Å². The Morgan fingerprint density at radius 2 is 2.05 bits per heavy atom. The van der Waals surface area contributed by atoms with Crippen molar-refractivity contribution in [3.63, 3.8) is 0 Å². The van der Waals surface area contributed by atoms with E-state index in [0.717, 1.165) is 28.5 Å². The number of hydrogen-bond acceptors (Lipinski definition) is 4. The van der Waals surface area contributed by atoms with Gasteiger partial charge < -0.3 is 10.1 Å². The number of methoxy groups -OCH3 is 1. The molecule has 1 rings (SSSR count). The monoisotopic (exact) mass is 321 g/mol. The second kappa shape index (κ2) is 8.03. The van der Waals surface area contributed by atoms with Crippen molar-refractivity contribution in [3.8, 4) is 0 Å². The quantitative estimate of drug-likeness (QED) is 0.806. The highest BCUT2D eigenvalue weighted by atomic mass is 32.2. The summed E-state index contributed by atoms with van der Waals surface area (Å²) in [5, 5.41) is 2.81. The minimum atomic E-state index is -0.499. The lowest BCUT2D eigenvalue weighted by molar-refractivity contribution is -0.140. The summed E-state index contributed by atoms with van der Waals surface area (Å²) >= 11 is 1.08. The van der Waals surface area contributed by atoms with Crippen molar-refractivity contribution in [1.82, 2.24) is 5.32 Å². The first kappa shape index (κ1) is 18.3. The van der Waals surface area contributed by atoms with Crippen molar-refractivity contribution in [1.29, 1.82) is 0 Å². The highest BCUT2D eigenvalue weighted by Crippen LogP contribution is 2.24. The molecule has 5 heteroatoms. The molecule has 1 amide bonds. The molecule has 120 valence electrons. The zero-order valence-electron chi connectivity index (χ0n) is 13.6. The van der Waals surface area contributed by atoms with E-state index in [9.17, 15) is 9.59 Å². The van der Waals surface area contributed by atoms with E-state index < -0.39 is 5.54 Å². The molecule has 22 heavy (non-hydrogen) atoms. The van der Waals surface area contributed by atoms with Gasteiger partial charge in [-0.2, -0.15) is 0 Å². The molecule has 0 heterocycles. The Labute approximate surface area is 136 Å². The Bertz CT molecular complexity index is 567. The van der Waals surface area contributed by atoms with E-state index in [1.54, 1.807) is 0 Å². The van der Waals surface area contributed by atoms with Crippen LogP contribution in [0.4, 0.5) is 4.79 Å². The zero-order valence-corrected chi connectivity index (χ0v) is 14.4.